The van der Waals surface area contributed by atoms with E-state index in [0.29, 0.717) is 6.54 Å². The summed E-state index contributed by atoms with van der Waals surface area (Å²) in [4.78, 5) is 21.6. The Labute approximate surface area is 106 Å². The second kappa shape index (κ2) is 6.63. The SMILES string of the molecule is Cc1n[nH]c(C)c1CCCNC(=O)NCC(N)=O. The Balaban J connectivity index is 2.19. The lowest BCUT2D eigenvalue weighted by atomic mass is 10.1. The van der Waals surface area contributed by atoms with Gasteiger partial charge in [0.05, 0.1) is 12.2 Å². The molecule has 1 aromatic rings. The topological polar surface area (TPSA) is 113 Å². The fraction of sp³-hybridized carbons (Fsp3) is 0.545. The number of nitrogens with zero attached hydrogens (tertiary/aromatic N) is 1. The molecule has 1 heterocycles. The molecule has 0 aliphatic carbocycles. The molecular formula is C11H19N5O2. The Hall–Kier alpha value is -2.05. The van der Waals surface area contributed by atoms with Crippen LogP contribution in [-0.2, 0) is 11.2 Å². The molecule has 0 atom stereocenters. The number of rotatable bonds is 6. The third-order valence-electron chi connectivity index (χ3n) is 2.59. The number of aromatic nitrogens is 2. The molecule has 0 aliphatic rings. The van der Waals surface area contributed by atoms with Crippen LogP contribution in [0.5, 0.6) is 0 Å². The second-order valence-corrected chi connectivity index (χ2v) is 4.09. The van der Waals surface area contributed by atoms with Crippen LogP contribution < -0.4 is 16.4 Å². The molecule has 0 fully saturated rings. The lowest BCUT2D eigenvalue weighted by Gasteiger charge is -2.06. The number of aromatic amines is 1. The van der Waals surface area contributed by atoms with Crippen molar-refractivity contribution in [2.75, 3.05) is 13.1 Å². The molecule has 100 valence electrons. The van der Waals surface area contributed by atoms with Gasteiger partial charge in [0.15, 0.2) is 0 Å². The number of hydrogen-bond acceptors (Lipinski definition) is 3. The number of carbonyl (C=O) groups excluding carboxylic acids is 2. The number of H-pyrrole nitrogens is 1. The normalized spacial score (nSPS) is 10.1. The van der Waals surface area contributed by atoms with Gasteiger partial charge in [0, 0.05) is 12.2 Å². The van der Waals surface area contributed by atoms with E-state index < -0.39 is 5.91 Å². The molecule has 0 aliphatic heterocycles. The summed E-state index contributed by atoms with van der Waals surface area (Å²) in [6.45, 7) is 4.31. The van der Waals surface area contributed by atoms with Crippen molar-refractivity contribution >= 4 is 11.9 Å². The predicted molar refractivity (Wildman–Crippen MR) is 67.0 cm³/mol. The highest BCUT2D eigenvalue weighted by Crippen LogP contribution is 2.10. The van der Waals surface area contributed by atoms with Gasteiger partial charge < -0.3 is 16.4 Å². The molecular weight excluding hydrogens is 234 g/mol. The molecule has 0 saturated carbocycles. The smallest absolute Gasteiger partial charge is 0.315 e. The zero-order chi connectivity index (χ0) is 13.5. The fourth-order valence-corrected chi connectivity index (χ4v) is 1.64. The third-order valence-corrected chi connectivity index (χ3v) is 2.59. The number of primary amides is 1. The molecule has 18 heavy (non-hydrogen) atoms. The first-order valence-corrected chi connectivity index (χ1v) is 5.81. The second-order valence-electron chi connectivity index (χ2n) is 4.09. The summed E-state index contributed by atoms with van der Waals surface area (Å²) in [6.07, 6.45) is 1.66. The molecule has 0 bridgehead atoms. The Kier molecular flexibility index (Phi) is 5.16. The number of amides is 3. The summed E-state index contributed by atoms with van der Waals surface area (Å²) >= 11 is 0. The molecule has 1 rings (SSSR count). The predicted octanol–water partition coefficient (Wildman–Crippen LogP) is -0.256. The molecule has 3 amide bonds. The van der Waals surface area contributed by atoms with Crippen LogP contribution in [0.2, 0.25) is 0 Å². The van der Waals surface area contributed by atoms with Gasteiger partial charge in [0.25, 0.3) is 0 Å². The Morgan fingerprint density at radius 3 is 2.61 bits per heavy atom. The van der Waals surface area contributed by atoms with Gasteiger partial charge in [-0.15, -0.1) is 0 Å². The van der Waals surface area contributed by atoms with E-state index in [1.807, 2.05) is 13.8 Å². The van der Waals surface area contributed by atoms with Crippen LogP contribution in [0, 0.1) is 13.8 Å². The van der Waals surface area contributed by atoms with E-state index in [4.69, 9.17) is 5.73 Å². The van der Waals surface area contributed by atoms with E-state index >= 15 is 0 Å². The standard InChI is InChI=1S/C11H19N5O2/c1-7-9(8(2)16-15-7)4-3-5-13-11(18)14-6-10(12)17/h3-6H2,1-2H3,(H2,12,17)(H,15,16)(H2,13,14,18). The molecule has 0 radical (unpaired) electrons. The summed E-state index contributed by atoms with van der Waals surface area (Å²) in [5.74, 6) is -0.560. The van der Waals surface area contributed by atoms with Crippen LogP contribution in [0.3, 0.4) is 0 Å². The van der Waals surface area contributed by atoms with Gasteiger partial charge in [-0.3, -0.25) is 9.89 Å². The lowest BCUT2D eigenvalue weighted by molar-refractivity contribution is -0.117. The first-order valence-electron chi connectivity index (χ1n) is 5.81. The minimum atomic E-state index is -0.560. The first-order chi connectivity index (χ1) is 8.50. The van der Waals surface area contributed by atoms with E-state index in [1.54, 1.807) is 0 Å². The van der Waals surface area contributed by atoms with Crippen molar-refractivity contribution in [3.05, 3.63) is 17.0 Å². The lowest BCUT2D eigenvalue weighted by Crippen LogP contribution is -2.40. The molecule has 5 N–H and O–H groups in total. The van der Waals surface area contributed by atoms with Crippen LogP contribution in [0.15, 0.2) is 0 Å². The molecule has 1 aromatic heterocycles. The number of urea groups is 1. The van der Waals surface area contributed by atoms with Crippen LogP contribution in [0.25, 0.3) is 0 Å². The number of carbonyl (C=O) groups is 2. The molecule has 7 heteroatoms. The minimum absolute atomic E-state index is 0.147. The monoisotopic (exact) mass is 253 g/mol. The van der Waals surface area contributed by atoms with Crippen molar-refractivity contribution in [1.82, 2.24) is 20.8 Å². The van der Waals surface area contributed by atoms with Crippen molar-refractivity contribution in [3.63, 3.8) is 0 Å². The highest BCUT2D eigenvalue weighted by Gasteiger charge is 2.06. The van der Waals surface area contributed by atoms with Gasteiger partial charge in [-0.1, -0.05) is 0 Å². The third kappa shape index (κ3) is 4.44. The average Bonchev–Trinajstić information content (AvgIpc) is 2.63. The number of aryl methyl sites for hydroxylation is 2. The molecule has 0 aromatic carbocycles. The molecule has 0 saturated heterocycles. The summed E-state index contributed by atoms with van der Waals surface area (Å²) in [7, 11) is 0. The van der Waals surface area contributed by atoms with Crippen LogP contribution >= 0.6 is 0 Å². The van der Waals surface area contributed by atoms with Gasteiger partial charge in [-0.25, -0.2) is 4.79 Å². The highest BCUT2D eigenvalue weighted by molar-refractivity contribution is 5.82. The van der Waals surface area contributed by atoms with E-state index in [0.717, 1.165) is 24.2 Å². The first kappa shape index (κ1) is 14.0. The summed E-state index contributed by atoms with van der Waals surface area (Å²) in [5.41, 5.74) is 8.14. The number of nitrogens with two attached hydrogens (primary N) is 1. The van der Waals surface area contributed by atoms with Crippen LogP contribution in [0.4, 0.5) is 4.79 Å². The van der Waals surface area contributed by atoms with Crippen LogP contribution in [0.1, 0.15) is 23.4 Å². The largest absolute Gasteiger partial charge is 0.368 e. The van der Waals surface area contributed by atoms with Gasteiger partial charge in [-0.05, 0) is 32.3 Å². The maximum atomic E-state index is 11.2. The van der Waals surface area contributed by atoms with E-state index in [2.05, 4.69) is 20.8 Å². The van der Waals surface area contributed by atoms with Gasteiger partial charge >= 0.3 is 6.03 Å². The number of nitrogens with one attached hydrogen (secondary N) is 3. The summed E-state index contributed by atoms with van der Waals surface area (Å²) in [6, 6.07) is -0.380. The molecule has 7 nitrogen and oxygen atoms in total. The van der Waals surface area contributed by atoms with Gasteiger partial charge in [0.2, 0.25) is 5.91 Å². The zero-order valence-electron chi connectivity index (χ0n) is 10.7. The molecule has 0 spiro atoms. The maximum Gasteiger partial charge on any atom is 0.315 e. The fourth-order valence-electron chi connectivity index (χ4n) is 1.64. The molecule has 0 unspecified atom stereocenters. The minimum Gasteiger partial charge on any atom is -0.368 e. The Morgan fingerprint density at radius 1 is 1.33 bits per heavy atom. The van der Waals surface area contributed by atoms with E-state index in [-0.39, 0.29) is 12.6 Å². The summed E-state index contributed by atoms with van der Waals surface area (Å²) in [5, 5.41) is 12.0. The Morgan fingerprint density at radius 2 is 2.06 bits per heavy atom. The number of hydrogen-bond donors (Lipinski definition) is 4. The highest BCUT2D eigenvalue weighted by atomic mass is 16.2. The van der Waals surface area contributed by atoms with E-state index in [9.17, 15) is 9.59 Å². The van der Waals surface area contributed by atoms with Crippen LogP contribution in [-0.4, -0.2) is 35.2 Å². The average molecular weight is 253 g/mol. The quantitative estimate of drug-likeness (QED) is 0.524. The van der Waals surface area contributed by atoms with Crippen molar-refractivity contribution < 1.29 is 9.59 Å². The van der Waals surface area contributed by atoms with Gasteiger partial charge in [-0.2, -0.15) is 5.10 Å². The van der Waals surface area contributed by atoms with Crippen molar-refractivity contribution in [3.8, 4) is 0 Å². The van der Waals surface area contributed by atoms with Gasteiger partial charge in [0.1, 0.15) is 0 Å². The van der Waals surface area contributed by atoms with Crippen molar-refractivity contribution in [1.29, 1.82) is 0 Å². The maximum absolute atomic E-state index is 11.2. The van der Waals surface area contributed by atoms with Crippen molar-refractivity contribution in [2.45, 2.75) is 26.7 Å². The zero-order valence-corrected chi connectivity index (χ0v) is 10.7. The van der Waals surface area contributed by atoms with E-state index in [1.165, 1.54) is 5.56 Å². The summed E-state index contributed by atoms with van der Waals surface area (Å²) < 4.78 is 0. The Bertz CT molecular complexity index is 408. The van der Waals surface area contributed by atoms with Crippen molar-refractivity contribution in [2.24, 2.45) is 5.73 Å².